The zero-order valence-corrected chi connectivity index (χ0v) is 15.4. The summed E-state index contributed by atoms with van der Waals surface area (Å²) in [5.74, 6) is -0.701. The molecule has 0 bridgehead atoms. The smallest absolute Gasteiger partial charge is 0.307 e. The molecule has 1 aliphatic heterocycles. The van der Waals surface area contributed by atoms with Crippen molar-refractivity contribution in [3.8, 4) is 0 Å². The summed E-state index contributed by atoms with van der Waals surface area (Å²) in [4.78, 5) is 16.7. The number of hydrogen-bond acceptors (Lipinski definition) is 4. The van der Waals surface area contributed by atoms with E-state index in [0.717, 1.165) is 21.2 Å². The van der Waals surface area contributed by atoms with Crippen LogP contribution < -0.4 is 4.90 Å². The number of benzene rings is 3. The number of rotatable bonds is 5. The van der Waals surface area contributed by atoms with E-state index in [1.807, 2.05) is 24.3 Å². The number of halogens is 1. The maximum absolute atomic E-state index is 13.6. The topological polar surface area (TPSA) is 29.5 Å². The Hall–Kier alpha value is -2.79. The second-order valence-electron chi connectivity index (χ2n) is 6.19. The van der Waals surface area contributed by atoms with Crippen molar-refractivity contribution in [2.24, 2.45) is 0 Å². The first-order valence-corrected chi connectivity index (χ1v) is 9.56. The molecule has 4 rings (SSSR count). The van der Waals surface area contributed by atoms with Gasteiger partial charge in [0.25, 0.3) is 0 Å². The SMILES string of the molecule is O=C(CCN1c2ccccc2Sc2ccccc21)OCc1ccccc1F. The average Bonchev–Trinajstić information content (AvgIpc) is 2.70. The zero-order valence-electron chi connectivity index (χ0n) is 14.6. The van der Waals surface area contributed by atoms with Crippen LogP contribution in [0.3, 0.4) is 0 Å². The van der Waals surface area contributed by atoms with E-state index in [4.69, 9.17) is 4.74 Å². The molecule has 0 atom stereocenters. The van der Waals surface area contributed by atoms with E-state index in [1.165, 1.54) is 6.07 Å². The molecule has 0 radical (unpaired) electrons. The molecular weight excluding hydrogens is 361 g/mol. The van der Waals surface area contributed by atoms with E-state index in [1.54, 1.807) is 30.0 Å². The predicted octanol–water partition coefficient (Wildman–Crippen LogP) is 5.56. The number of carbonyl (C=O) groups is 1. The fraction of sp³-hybridized carbons (Fsp3) is 0.136. The number of hydrogen-bond donors (Lipinski definition) is 0. The van der Waals surface area contributed by atoms with Gasteiger partial charge >= 0.3 is 5.97 Å². The molecule has 3 aromatic rings. The van der Waals surface area contributed by atoms with Crippen LogP contribution in [-0.4, -0.2) is 12.5 Å². The van der Waals surface area contributed by atoms with Crippen LogP contribution in [0.1, 0.15) is 12.0 Å². The van der Waals surface area contributed by atoms with Crippen LogP contribution in [-0.2, 0) is 16.1 Å². The molecule has 3 aromatic carbocycles. The summed E-state index contributed by atoms with van der Waals surface area (Å²) in [7, 11) is 0. The highest BCUT2D eigenvalue weighted by Crippen LogP contribution is 2.47. The summed E-state index contributed by atoms with van der Waals surface area (Å²) in [6, 6.07) is 22.6. The summed E-state index contributed by atoms with van der Waals surface area (Å²) in [6.07, 6.45) is 0.224. The van der Waals surface area contributed by atoms with Gasteiger partial charge in [0.1, 0.15) is 12.4 Å². The van der Waals surface area contributed by atoms with Crippen molar-refractivity contribution < 1.29 is 13.9 Å². The van der Waals surface area contributed by atoms with Gasteiger partial charge in [-0.3, -0.25) is 4.79 Å². The Bertz CT molecular complexity index is 930. The van der Waals surface area contributed by atoms with E-state index in [-0.39, 0.29) is 24.8 Å². The van der Waals surface area contributed by atoms with Crippen LogP contribution in [0.2, 0.25) is 0 Å². The molecule has 3 nitrogen and oxygen atoms in total. The average molecular weight is 379 g/mol. The number of nitrogens with zero attached hydrogens (tertiary/aromatic N) is 1. The van der Waals surface area contributed by atoms with Crippen molar-refractivity contribution in [2.75, 3.05) is 11.4 Å². The van der Waals surface area contributed by atoms with Gasteiger partial charge in [-0.25, -0.2) is 4.39 Å². The number of anilines is 2. The van der Waals surface area contributed by atoms with Crippen molar-refractivity contribution >= 4 is 29.1 Å². The lowest BCUT2D eigenvalue weighted by molar-refractivity contribution is -0.144. The lowest BCUT2D eigenvalue weighted by Crippen LogP contribution is -2.24. The van der Waals surface area contributed by atoms with Crippen LogP contribution >= 0.6 is 11.8 Å². The molecule has 0 spiro atoms. The number of ether oxygens (including phenoxy) is 1. The molecular formula is C22H18FNO2S. The Labute approximate surface area is 161 Å². The minimum Gasteiger partial charge on any atom is -0.461 e. The van der Waals surface area contributed by atoms with E-state index in [9.17, 15) is 9.18 Å². The van der Waals surface area contributed by atoms with Gasteiger partial charge < -0.3 is 9.64 Å². The van der Waals surface area contributed by atoms with Gasteiger partial charge in [-0.1, -0.05) is 54.2 Å². The Morgan fingerprint density at radius 2 is 1.48 bits per heavy atom. The van der Waals surface area contributed by atoms with E-state index in [0.29, 0.717) is 12.1 Å². The molecule has 0 unspecified atom stereocenters. The Kier molecular flexibility index (Phi) is 5.12. The fourth-order valence-corrected chi connectivity index (χ4v) is 4.17. The summed E-state index contributed by atoms with van der Waals surface area (Å²) in [5.41, 5.74) is 2.56. The standard InChI is InChI=1S/C22H18FNO2S/c23-17-8-2-1-7-16(17)15-26-22(25)13-14-24-18-9-3-5-11-20(18)27-21-12-6-4-10-19(21)24/h1-12H,13-15H2. The molecule has 0 saturated carbocycles. The third kappa shape index (κ3) is 3.83. The number of esters is 1. The molecule has 0 aromatic heterocycles. The first kappa shape index (κ1) is 17.6. The number of para-hydroxylation sites is 2. The van der Waals surface area contributed by atoms with Crippen molar-refractivity contribution in [3.63, 3.8) is 0 Å². The van der Waals surface area contributed by atoms with Crippen molar-refractivity contribution in [3.05, 3.63) is 84.2 Å². The van der Waals surface area contributed by atoms with E-state index < -0.39 is 0 Å². The molecule has 136 valence electrons. The zero-order chi connectivity index (χ0) is 18.6. The molecule has 0 aliphatic carbocycles. The van der Waals surface area contributed by atoms with Gasteiger partial charge in [0, 0.05) is 21.9 Å². The first-order chi connectivity index (χ1) is 13.2. The minimum atomic E-state index is -0.360. The van der Waals surface area contributed by atoms with E-state index in [2.05, 4.69) is 29.2 Å². The summed E-state index contributed by atoms with van der Waals surface area (Å²) in [6.45, 7) is 0.458. The van der Waals surface area contributed by atoms with E-state index >= 15 is 0 Å². The molecule has 1 heterocycles. The van der Waals surface area contributed by atoms with Crippen LogP contribution in [0, 0.1) is 5.82 Å². The lowest BCUT2D eigenvalue weighted by Gasteiger charge is -2.32. The highest BCUT2D eigenvalue weighted by Gasteiger charge is 2.23. The lowest BCUT2D eigenvalue weighted by atomic mass is 10.2. The van der Waals surface area contributed by atoms with Crippen molar-refractivity contribution in [1.82, 2.24) is 0 Å². The monoisotopic (exact) mass is 379 g/mol. The Morgan fingerprint density at radius 1 is 0.889 bits per heavy atom. The van der Waals surface area contributed by atoms with Crippen molar-refractivity contribution in [1.29, 1.82) is 0 Å². The maximum Gasteiger partial charge on any atom is 0.307 e. The number of fused-ring (bicyclic) bond motifs is 2. The molecule has 27 heavy (non-hydrogen) atoms. The van der Waals surface area contributed by atoms with Gasteiger partial charge in [-0.15, -0.1) is 0 Å². The highest BCUT2D eigenvalue weighted by atomic mass is 32.2. The van der Waals surface area contributed by atoms with Crippen LogP contribution in [0.15, 0.2) is 82.6 Å². The van der Waals surface area contributed by atoms with Gasteiger partial charge in [0.05, 0.1) is 17.8 Å². The van der Waals surface area contributed by atoms with Crippen LogP contribution in [0.25, 0.3) is 0 Å². The summed E-state index contributed by atoms with van der Waals surface area (Å²) >= 11 is 1.73. The molecule has 0 saturated heterocycles. The Balaban J connectivity index is 1.45. The van der Waals surface area contributed by atoms with Gasteiger partial charge in [0.2, 0.25) is 0 Å². The third-order valence-corrected chi connectivity index (χ3v) is 5.55. The van der Waals surface area contributed by atoms with Gasteiger partial charge in [-0.2, -0.15) is 0 Å². The summed E-state index contributed by atoms with van der Waals surface area (Å²) in [5, 5.41) is 0. The molecule has 0 fully saturated rings. The third-order valence-electron chi connectivity index (χ3n) is 4.42. The van der Waals surface area contributed by atoms with Crippen molar-refractivity contribution in [2.45, 2.75) is 22.8 Å². The quantitative estimate of drug-likeness (QED) is 0.543. The number of carbonyl (C=O) groups excluding carboxylic acids is 1. The molecule has 5 heteroatoms. The second kappa shape index (κ2) is 7.84. The highest BCUT2D eigenvalue weighted by molar-refractivity contribution is 7.99. The Morgan fingerprint density at radius 3 is 2.15 bits per heavy atom. The first-order valence-electron chi connectivity index (χ1n) is 8.75. The minimum absolute atomic E-state index is 0.0471. The van der Waals surface area contributed by atoms with Gasteiger partial charge in [-0.05, 0) is 30.3 Å². The molecule has 1 aliphatic rings. The van der Waals surface area contributed by atoms with Crippen LogP contribution in [0.5, 0.6) is 0 Å². The molecule has 0 N–H and O–H groups in total. The summed E-state index contributed by atoms with van der Waals surface area (Å²) < 4.78 is 18.9. The normalized spacial score (nSPS) is 12.3. The maximum atomic E-state index is 13.6. The second-order valence-corrected chi connectivity index (χ2v) is 7.28. The van der Waals surface area contributed by atoms with Gasteiger partial charge in [0.15, 0.2) is 0 Å². The largest absolute Gasteiger partial charge is 0.461 e. The predicted molar refractivity (Wildman–Crippen MR) is 105 cm³/mol. The van der Waals surface area contributed by atoms with Crippen LogP contribution in [0.4, 0.5) is 15.8 Å². The molecule has 0 amide bonds. The fourth-order valence-electron chi connectivity index (χ4n) is 3.07.